The third kappa shape index (κ3) is 3.18. The Bertz CT molecular complexity index is 558. The molecule has 1 heterocycles. The Balaban J connectivity index is 2.14. The second-order valence-corrected chi connectivity index (χ2v) is 3.87. The van der Waals surface area contributed by atoms with Crippen molar-refractivity contribution >= 4 is 17.6 Å². The Kier molecular flexibility index (Phi) is 3.74. The molecule has 1 N–H and O–H groups in total. The molecular weight excluding hydrogens is 256 g/mol. The summed E-state index contributed by atoms with van der Waals surface area (Å²) in [5.41, 5.74) is 0.785. The lowest BCUT2D eigenvalue weighted by Crippen LogP contribution is -2.09. The predicted molar refractivity (Wildman–Crippen MR) is 65.6 cm³/mol. The minimum Gasteiger partial charge on any atom is -0.479 e. The quantitative estimate of drug-likeness (QED) is 0.917. The van der Waals surface area contributed by atoms with Gasteiger partial charge in [-0.05, 0) is 12.1 Å². The van der Waals surface area contributed by atoms with Crippen LogP contribution in [0, 0.1) is 0 Å². The molecule has 0 aliphatic rings. The van der Waals surface area contributed by atoms with Gasteiger partial charge in [-0.2, -0.15) is 0 Å². The first-order valence-corrected chi connectivity index (χ1v) is 5.45. The Hall–Kier alpha value is -2.14. The number of halogens is 1. The average Bonchev–Trinajstić information content (AvgIpc) is 2.37. The number of aromatic nitrogens is 2. The Morgan fingerprint density at radius 2 is 2.06 bits per heavy atom. The first kappa shape index (κ1) is 12.3. The van der Waals surface area contributed by atoms with Crippen LogP contribution in [0.25, 0.3) is 11.4 Å². The van der Waals surface area contributed by atoms with E-state index in [1.165, 1.54) is 12.4 Å². The van der Waals surface area contributed by atoms with Crippen molar-refractivity contribution in [1.82, 2.24) is 9.97 Å². The summed E-state index contributed by atoms with van der Waals surface area (Å²) >= 11 is 5.87. The molecule has 92 valence electrons. The van der Waals surface area contributed by atoms with Gasteiger partial charge in [-0.1, -0.05) is 23.7 Å². The highest BCUT2D eigenvalue weighted by Gasteiger charge is 2.04. The Labute approximate surface area is 108 Å². The minimum absolute atomic E-state index is 0.308. The summed E-state index contributed by atoms with van der Waals surface area (Å²) in [5.74, 6) is -0.239. The standard InChI is InChI=1S/C12H9ClN2O3/c13-9-3-1-2-8(4-9)12-14-5-10(6-15-12)18-7-11(16)17/h1-6H,7H2,(H,16,17). The van der Waals surface area contributed by atoms with Gasteiger partial charge in [0.2, 0.25) is 0 Å². The van der Waals surface area contributed by atoms with E-state index >= 15 is 0 Å². The summed E-state index contributed by atoms with van der Waals surface area (Å²) in [6, 6.07) is 7.14. The third-order valence-electron chi connectivity index (χ3n) is 2.07. The van der Waals surface area contributed by atoms with Gasteiger partial charge in [-0.25, -0.2) is 14.8 Å². The van der Waals surface area contributed by atoms with Crippen molar-refractivity contribution in [3.05, 3.63) is 41.7 Å². The molecule has 6 heteroatoms. The highest BCUT2D eigenvalue weighted by atomic mass is 35.5. The lowest BCUT2D eigenvalue weighted by atomic mass is 10.2. The van der Waals surface area contributed by atoms with Gasteiger partial charge in [0.1, 0.15) is 0 Å². The van der Waals surface area contributed by atoms with E-state index in [0.717, 1.165) is 5.56 Å². The van der Waals surface area contributed by atoms with Crippen LogP contribution in [0.15, 0.2) is 36.7 Å². The first-order chi connectivity index (χ1) is 8.65. The highest BCUT2D eigenvalue weighted by molar-refractivity contribution is 6.30. The maximum Gasteiger partial charge on any atom is 0.341 e. The minimum atomic E-state index is -1.05. The van der Waals surface area contributed by atoms with Crippen LogP contribution < -0.4 is 4.74 Å². The molecule has 0 saturated carbocycles. The molecular formula is C12H9ClN2O3. The van der Waals surface area contributed by atoms with Gasteiger partial charge < -0.3 is 9.84 Å². The molecule has 0 amide bonds. The van der Waals surface area contributed by atoms with Crippen LogP contribution in [0.5, 0.6) is 5.75 Å². The summed E-state index contributed by atoms with van der Waals surface area (Å²) in [4.78, 5) is 18.5. The molecule has 0 bridgehead atoms. The van der Waals surface area contributed by atoms with Crippen molar-refractivity contribution < 1.29 is 14.6 Å². The van der Waals surface area contributed by atoms with Gasteiger partial charge in [0.25, 0.3) is 0 Å². The summed E-state index contributed by atoms with van der Waals surface area (Å²) in [5, 5.41) is 9.06. The van der Waals surface area contributed by atoms with Crippen LogP contribution in [0.3, 0.4) is 0 Å². The van der Waals surface area contributed by atoms with Gasteiger partial charge in [0.05, 0.1) is 12.4 Å². The van der Waals surface area contributed by atoms with Crippen molar-refractivity contribution in [2.75, 3.05) is 6.61 Å². The summed E-state index contributed by atoms with van der Waals surface area (Å²) in [6.07, 6.45) is 2.85. The van der Waals surface area contributed by atoms with E-state index in [1.54, 1.807) is 18.2 Å². The monoisotopic (exact) mass is 264 g/mol. The van der Waals surface area contributed by atoms with Crippen LogP contribution in [0.4, 0.5) is 0 Å². The van der Waals surface area contributed by atoms with E-state index < -0.39 is 12.6 Å². The molecule has 2 rings (SSSR count). The fraction of sp³-hybridized carbons (Fsp3) is 0.0833. The molecule has 0 fully saturated rings. The maximum absolute atomic E-state index is 10.3. The van der Waals surface area contributed by atoms with Gasteiger partial charge in [-0.15, -0.1) is 0 Å². The summed E-state index contributed by atoms with van der Waals surface area (Å²) in [6.45, 7) is -0.417. The van der Waals surface area contributed by atoms with E-state index in [1.807, 2.05) is 6.07 Å². The third-order valence-corrected chi connectivity index (χ3v) is 2.31. The van der Waals surface area contributed by atoms with Crippen LogP contribution in [-0.4, -0.2) is 27.7 Å². The lowest BCUT2D eigenvalue weighted by Gasteiger charge is -2.03. The lowest BCUT2D eigenvalue weighted by molar-refractivity contribution is -0.139. The second kappa shape index (κ2) is 5.46. The van der Waals surface area contributed by atoms with Gasteiger partial charge >= 0.3 is 5.97 Å². The van der Waals surface area contributed by atoms with Crippen molar-refractivity contribution in [3.8, 4) is 17.1 Å². The van der Waals surface area contributed by atoms with E-state index in [-0.39, 0.29) is 0 Å². The zero-order valence-corrected chi connectivity index (χ0v) is 9.96. The summed E-state index contributed by atoms with van der Waals surface area (Å²) < 4.78 is 4.93. The normalized spacial score (nSPS) is 10.1. The van der Waals surface area contributed by atoms with Crippen LogP contribution in [-0.2, 0) is 4.79 Å². The van der Waals surface area contributed by atoms with Crippen LogP contribution in [0.2, 0.25) is 5.02 Å². The number of carboxylic acids is 1. The molecule has 0 radical (unpaired) electrons. The van der Waals surface area contributed by atoms with Crippen LogP contribution >= 0.6 is 11.6 Å². The predicted octanol–water partition coefficient (Wildman–Crippen LogP) is 2.26. The van der Waals surface area contributed by atoms with E-state index in [9.17, 15) is 4.79 Å². The topological polar surface area (TPSA) is 72.3 Å². The molecule has 1 aromatic carbocycles. The van der Waals surface area contributed by atoms with Crippen LogP contribution in [0.1, 0.15) is 0 Å². The molecule has 0 aliphatic heterocycles. The fourth-order valence-electron chi connectivity index (χ4n) is 1.31. The van der Waals surface area contributed by atoms with Crippen molar-refractivity contribution in [3.63, 3.8) is 0 Å². The number of rotatable bonds is 4. The number of benzene rings is 1. The molecule has 0 aliphatic carbocycles. The SMILES string of the molecule is O=C(O)COc1cnc(-c2cccc(Cl)c2)nc1. The molecule has 0 saturated heterocycles. The maximum atomic E-state index is 10.3. The number of carbonyl (C=O) groups is 1. The second-order valence-electron chi connectivity index (χ2n) is 3.44. The average molecular weight is 265 g/mol. The molecule has 2 aromatic rings. The summed E-state index contributed by atoms with van der Waals surface area (Å²) in [7, 11) is 0. The van der Waals surface area contributed by atoms with Crippen molar-refractivity contribution in [2.45, 2.75) is 0 Å². The Morgan fingerprint density at radius 3 is 2.67 bits per heavy atom. The smallest absolute Gasteiger partial charge is 0.341 e. The number of carboxylic acid groups (broad SMARTS) is 1. The molecule has 0 spiro atoms. The zero-order chi connectivity index (χ0) is 13.0. The molecule has 0 unspecified atom stereocenters. The molecule has 5 nitrogen and oxygen atoms in total. The first-order valence-electron chi connectivity index (χ1n) is 5.08. The largest absolute Gasteiger partial charge is 0.479 e. The molecule has 18 heavy (non-hydrogen) atoms. The highest BCUT2D eigenvalue weighted by Crippen LogP contribution is 2.20. The van der Waals surface area contributed by atoms with Gasteiger partial charge in [-0.3, -0.25) is 0 Å². The fourth-order valence-corrected chi connectivity index (χ4v) is 1.50. The van der Waals surface area contributed by atoms with Gasteiger partial charge in [0, 0.05) is 10.6 Å². The number of hydrogen-bond donors (Lipinski definition) is 1. The van der Waals surface area contributed by atoms with E-state index in [2.05, 4.69) is 9.97 Å². The van der Waals surface area contributed by atoms with E-state index in [4.69, 9.17) is 21.4 Å². The molecule has 0 atom stereocenters. The zero-order valence-electron chi connectivity index (χ0n) is 9.21. The van der Waals surface area contributed by atoms with Crippen molar-refractivity contribution in [2.24, 2.45) is 0 Å². The number of ether oxygens (including phenoxy) is 1. The van der Waals surface area contributed by atoms with Crippen molar-refractivity contribution in [1.29, 1.82) is 0 Å². The Morgan fingerprint density at radius 1 is 1.33 bits per heavy atom. The molecule has 1 aromatic heterocycles. The number of hydrogen-bond acceptors (Lipinski definition) is 4. The van der Waals surface area contributed by atoms with Gasteiger partial charge in [0.15, 0.2) is 18.2 Å². The number of nitrogens with zero attached hydrogens (tertiary/aromatic N) is 2. The van der Waals surface area contributed by atoms with E-state index in [0.29, 0.717) is 16.6 Å². The number of aliphatic carboxylic acids is 1.